The summed E-state index contributed by atoms with van der Waals surface area (Å²) < 4.78 is 13.2. The Morgan fingerprint density at radius 3 is 2.78 bits per heavy atom. The van der Waals surface area contributed by atoms with Gasteiger partial charge in [0.05, 0.1) is 6.04 Å². The number of benzene rings is 1. The van der Waals surface area contributed by atoms with Gasteiger partial charge in [0.15, 0.2) is 0 Å². The molecule has 0 saturated heterocycles. The molecule has 0 amide bonds. The van der Waals surface area contributed by atoms with Crippen LogP contribution in [0.1, 0.15) is 39.8 Å². The first-order valence-corrected chi connectivity index (χ1v) is 7.18. The molecule has 1 aromatic carbocycles. The quantitative estimate of drug-likeness (QED) is 0.874. The Morgan fingerprint density at radius 1 is 1.17 bits per heavy atom. The van der Waals surface area contributed by atoms with Crippen molar-refractivity contribution in [2.75, 3.05) is 0 Å². The number of hydrogen-bond donors (Lipinski definition) is 1. The second-order valence-electron chi connectivity index (χ2n) is 4.84. The molecule has 18 heavy (non-hydrogen) atoms. The molecule has 0 radical (unpaired) electrons. The highest BCUT2D eigenvalue weighted by Gasteiger charge is 2.18. The lowest BCUT2D eigenvalue weighted by molar-refractivity contribution is 0.624. The Bertz CT molecular complexity index is 538. The predicted octanol–water partition coefficient (Wildman–Crippen LogP) is 3.81. The Kier molecular flexibility index (Phi) is 3.18. The van der Waals surface area contributed by atoms with Crippen LogP contribution in [0.25, 0.3) is 0 Å². The van der Waals surface area contributed by atoms with E-state index in [1.54, 1.807) is 17.4 Å². The molecule has 0 aliphatic heterocycles. The standard InChI is InChI=1S/C15H16FNS/c16-12-6-3-5-11(8-12)15(17)14-9-10-4-1-2-7-13(10)18-14/h3,5-6,8-9,15H,1-2,4,7,17H2. The number of fused-ring (bicyclic) bond motifs is 1. The summed E-state index contributed by atoms with van der Waals surface area (Å²) in [6.45, 7) is 0. The Morgan fingerprint density at radius 2 is 2.00 bits per heavy atom. The summed E-state index contributed by atoms with van der Waals surface area (Å²) in [5.41, 5.74) is 8.55. The molecule has 0 bridgehead atoms. The Hall–Kier alpha value is -1.19. The van der Waals surface area contributed by atoms with Crippen LogP contribution in [0.4, 0.5) is 4.39 Å². The number of rotatable bonds is 2. The molecule has 1 atom stereocenters. The molecule has 0 fully saturated rings. The van der Waals surface area contributed by atoms with Crippen LogP contribution in [0.5, 0.6) is 0 Å². The Labute approximate surface area is 110 Å². The van der Waals surface area contributed by atoms with Gasteiger partial charge in [0, 0.05) is 9.75 Å². The van der Waals surface area contributed by atoms with E-state index in [4.69, 9.17) is 5.73 Å². The van der Waals surface area contributed by atoms with E-state index in [1.807, 2.05) is 6.07 Å². The minimum atomic E-state index is -0.218. The van der Waals surface area contributed by atoms with Crippen LogP contribution in [-0.4, -0.2) is 0 Å². The average molecular weight is 261 g/mol. The van der Waals surface area contributed by atoms with E-state index >= 15 is 0 Å². The summed E-state index contributed by atoms with van der Waals surface area (Å²) in [6, 6.07) is 8.62. The molecule has 3 rings (SSSR count). The van der Waals surface area contributed by atoms with E-state index in [2.05, 4.69) is 6.07 Å². The first-order valence-electron chi connectivity index (χ1n) is 6.36. The Balaban J connectivity index is 1.92. The van der Waals surface area contributed by atoms with E-state index in [-0.39, 0.29) is 11.9 Å². The number of hydrogen-bond acceptors (Lipinski definition) is 2. The third kappa shape index (κ3) is 2.20. The maximum Gasteiger partial charge on any atom is 0.123 e. The van der Waals surface area contributed by atoms with Crippen molar-refractivity contribution in [2.45, 2.75) is 31.7 Å². The van der Waals surface area contributed by atoms with Crippen molar-refractivity contribution in [3.8, 4) is 0 Å². The lowest BCUT2D eigenvalue weighted by Gasteiger charge is -2.09. The van der Waals surface area contributed by atoms with Crippen molar-refractivity contribution in [2.24, 2.45) is 5.73 Å². The molecule has 1 unspecified atom stereocenters. The highest BCUT2D eigenvalue weighted by Crippen LogP contribution is 2.34. The molecule has 3 heteroatoms. The fourth-order valence-corrected chi connectivity index (χ4v) is 3.82. The van der Waals surface area contributed by atoms with Gasteiger partial charge in [0.1, 0.15) is 5.82 Å². The van der Waals surface area contributed by atoms with E-state index in [9.17, 15) is 4.39 Å². The fourth-order valence-electron chi connectivity index (χ4n) is 2.53. The van der Waals surface area contributed by atoms with Gasteiger partial charge < -0.3 is 5.73 Å². The number of nitrogens with two attached hydrogens (primary N) is 1. The molecule has 2 N–H and O–H groups in total. The van der Waals surface area contributed by atoms with Gasteiger partial charge in [0.25, 0.3) is 0 Å². The van der Waals surface area contributed by atoms with Gasteiger partial charge in [-0.25, -0.2) is 4.39 Å². The number of thiophene rings is 1. The van der Waals surface area contributed by atoms with Gasteiger partial charge in [-0.15, -0.1) is 11.3 Å². The van der Waals surface area contributed by atoms with Crippen LogP contribution in [-0.2, 0) is 12.8 Å². The molecule has 1 aliphatic rings. The van der Waals surface area contributed by atoms with Crippen molar-refractivity contribution in [1.82, 2.24) is 0 Å². The maximum atomic E-state index is 13.2. The second kappa shape index (κ2) is 4.82. The van der Waals surface area contributed by atoms with Crippen molar-refractivity contribution >= 4 is 11.3 Å². The van der Waals surface area contributed by atoms with E-state index in [1.165, 1.54) is 48.3 Å². The summed E-state index contributed by atoms with van der Waals surface area (Å²) in [4.78, 5) is 2.63. The highest BCUT2D eigenvalue weighted by atomic mass is 32.1. The number of halogens is 1. The van der Waals surface area contributed by atoms with E-state index < -0.39 is 0 Å². The van der Waals surface area contributed by atoms with Gasteiger partial charge in [-0.1, -0.05) is 12.1 Å². The minimum absolute atomic E-state index is 0.198. The lowest BCUT2D eigenvalue weighted by Crippen LogP contribution is -2.10. The normalized spacial score (nSPS) is 16.3. The fraction of sp³-hybridized carbons (Fsp3) is 0.333. The zero-order valence-electron chi connectivity index (χ0n) is 10.2. The van der Waals surface area contributed by atoms with Gasteiger partial charge in [-0.05, 0) is 55.0 Å². The summed E-state index contributed by atoms with van der Waals surface area (Å²) in [7, 11) is 0. The van der Waals surface area contributed by atoms with Crippen molar-refractivity contribution in [3.63, 3.8) is 0 Å². The van der Waals surface area contributed by atoms with Crippen LogP contribution in [0.2, 0.25) is 0 Å². The van der Waals surface area contributed by atoms with Crippen molar-refractivity contribution in [1.29, 1.82) is 0 Å². The van der Waals surface area contributed by atoms with Crippen LogP contribution in [0, 0.1) is 5.82 Å². The van der Waals surface area contributed by atoms with Crippen LogP contribution < -0.4 is 5.73 Å². The molecule has 1 aliphatic carbocycles. The van der Waals surface area contributed by atoms with Crippen molar-refractivity contribution < 1.29 is 4.39 Å². The van der Waals surface area contributed by atoms with Gasteiger partial charge in [0.2, 0.25) is 0 Å². The van der Waals surface area contributed by atoms with Crippen LogP contribution >= 0.6 is 11.3 Å². The molecule has 94 valence electrons. The van der Waals surface area contributed by atoms with Crippen LogP contribution in [0.15, 0.2) is 30.3 Å². The topological polar surface area (TPSA) is 26.0 Å². The molecule has 1 aromatic heterocycles. The predicted molar refractivity (Wildman–Crippen MR) is 73.4 cm³/mol. The number of aryl methyl sites for hydroxylation is 2. The largest absolute Gasteiger partial charge is 0.320 e. The SMILES string of the molecule is NC(c1cccc(F)c1)c1cc2c(s1)CCCC2. The monoisotopic (exact) mass is 261 g/mol. The summed E-state index contributed by atoms with van der Waals surface area (Å²) in [5, 5.41) is 0. The molecular formula is C15H16FNS. The highest BCUT2D eigenvalue weighted by molar-refractivity contribution is 7.12. The van der Waals surface area contributed by atoms with Gasteiger partial charge >= 0.3 is 0 Å². The molecule has 0 spiro atoms. The zero-order valence-corrected chi connectivity index (χ0v) is 11.0. The molecule has 1 heterocycles. The first kappa shape index (κ1) is 11.9. The molecule has 1 nitrogen and oxygen atoms in total. The molecule has 2 aromatic rings. The van der Waals surface area contributed by atoms with Crippen molar-refractivity contribution in [3.05, 3.63) is 57.0 Å². The smallest absolute Gasteiger partial charge is 0.123 e. The third-order valence-electron chi connectivity index (χ3n) is 3.53. The summed E-state index contributed by atoms with van der Waals surface area (Å²) in [5.74, 6) is -0.218. The van der Waals surface area contributed by atoms with Crippen LogP contribution in [0.3, 0.4) is 0 Å². The van der Waals surface area contributed by atoms with Gasteiger partial charge in [-0.2, -0.15) is 0 Å². The van der Waals surface area contributed by atoms with E-state index in [0.717, 1.165) is 10.4 Å². The zero-order chi connectivity index (χ0) is 12.5. The molecule has 0 saturated carbocycles. The van der Waals surface area contributed by atoms with Gasteiger partial charge in [-0.3, -0.25) is 0 Å². The lowest BCUT2D eigenvalue weighted by atomic mass is 9.98. The van der Waals surface area contributed by atoms with E-state index in [0.29, 0.717) is 0 Å². The average Bonchev–Trinajstić information content (AvgIpc) is 2.81. The minimum Gasteiger partial charge on any atom is -0.320 e. The first-order chi connectivity index (χ1) is 8.74. The third-order valence-corrected chi connectivity index (χ3v) is 4.85. The second-order valence-corrected chi connectivity index (χ2v) is 6.01. The molecular weight excluding hydrogens is 245 g/mol. The summed E-state index contributed by atoms with van der Waals surface area (Å²) >= 11 is 1.80. The summed E-state index contributed by atoms with van der Waals surface area (Å²) in [6.07, 6.45) is 4.90. The maximum absolute atomic E-state index is 13.2.